The standard InChI is InChI=1S/C31H49N3O7/c1-5-6-17-23(28(38)33-24(26(35)20-27(36)37)18-21-13-9-7-10-14-21)32-29(39)25(19-22-15-11-8-12-16-22)34-30(40)41-31(2,3)4/h8,11-12,15-16,21,23-26,35H,5-7,9-10,13-14,17-20H2,1-4H3,(H,32,39)(H,33,38)(H,34,40)(H,36,37)/t23-,24?,25-,26?/m0/s1. The summed E-state index contributed by atoms with van der Waals surface area (Å²) in [4.78, 5) is 51.0. The van der Waals surface area contributed by atoms with E-state index in [1.54, 1.807) is 20.8 Å². The van der Waals surface area contributed by atoms with E-state index in [-0.39, 0.29) is 12.3 Å². The highest BCUT2D eigenvalue weighted by Gasteiger charge is 2.32. The van der Waals surface area contributed by atoms with Crippen LogP contribution in [0, 0.1) is 5.92 Å². The molecule has 1 aliphatic carbocycles. The van der Waals surface area contributed by atoms with Crippen LogP contribution in [0.4, 0.5) is 4.79 Å². The topological polar surface area (TPSA) is 154 Å². The van der Waals surface area contributed by atoms with Gasteiger partial charge in [0.15, 0.2) is 0 Å². The summed E-state index contributed by atoms with van der Waals surface area (Å²) in [6, 6.07) is 6.55. The van der Waals surface area contributed by atoms with Gasteiger partial charge in [0.2, 0.25) is 11.8 Å². The van der Waals surface area contributed by atoms with E-state index in [4.69, 9.17) is 4.74 Å². The summed E-state index contributed by atoms with van der Waals surface area (Å²) in [7, 11) is 0. The zero-order valence-electron chi connectivity index (χ0n) is 25.0. The molecule has 0 aromatic heterocycles. The van der Waals surface area contributed by atoms with Gasteiger partial charge in [-0.05, 0) is 45.1 Å². The number of unbranched alkanes of at least 4 members (excludes halogenated alkanes) is 1. The lowest BCUT2D eigenvalue weighted by Crippen LogP contribution is -2.57. The number of alkyl carbamates (subject to hydrolysis) is 1. The second-order valence-corrected chi connectivity index (χ2v) is 12.1. The molecule has 230 valence electrons. The molecule has 0 spiro atoms. The van der Waals surface area contributed by atoms with Gasteiger partial charge in [-0.3, -0.25) is 14.4 Å². The summed E-state index contributed by atoms with van der Waals surface area (Å²) in [6.07, 6.45) is 5.23. The number of carbonyl (C=O) groups excluding carboxylic acids is 3. The number of aliphatic carboxylic acids is 1. The molecule has 1 aromatic rings. The Hall–Kier alpha value is -3.14. The van der Waals surface area contributed by atoms with Gasteiger partial charge in [-0.15, -0.1) is 0 Å². The van der Waals surface area contributed by atoms with Gasteiger partial charge in [-0.2, -0.15) is 0 Å². The maximum absolute atomic E-state index is 13.5. The first-order valence-corrected chi connectivity index (χ1v) is 14.9. The van der Waals surface area contributed by atoms with Crippen LogP contribution in [0.1, 0.15) is 97.5 Å². The summed E-state index contributed by atoms with van der Waals surface area (Å²) < 4.78 is 5.37. The second kappa shape index (κ2) is 17.0. The minimum Gasteiger partial charge on any atom is -0.481 e. The van der Waals surface area contributed by atoms with E-state index < -0.39 is 60.1 Å². The highest BCUT2D eigenvalue weighted by Crippen LogP contribution is 2.28. The van der Waals surface area contributed by atoms with Crippen molar-refractivity contribution >= 4 is 23.9 Å². The van der Waals surface area contributed by atoms with Crippen molar-refractivity contribution in [3.8, 4) is 0 Å². The molecule has 2 unspecified atom stereocenters. The zero-order valence-corrected chi connectivity index (χ0v) is 25.0. The Balaban J connectivity index is 2.20. The lowest BCUT2D eigenvalue weighted by atomic mass is 9.83. The molecule has 0 radical (unpaired) electrons. The zero-order chi connectivity index (χ0) is 30.4. The third-order valence-electron chi connectivity index (χ3n) is 7.26. The van der Waals surface area contributed by atoms with Crippen LogP contribution in [-0.2, 0) is 25.5 Å². The molecule has 5 N–H and O–H groups in total. The Labute approximate surface area is 244 Å². The average molecular weight is 576 g/mol. The predicted molar refractivity (Wildman–Crippen MR) is 156 cm³/mol. The van der Waals surface area contributed by atoms with E-state index in [0.717, 1.165) is 44.1 Å². The molecule has 0 aliphatic heterocycles. The number of aliphatic hydroxyl groups is 1. The highest BCUT2D eigenvalue weighted by atomic mass is 16.6. The molecular weight excluding hydrogens is 526 g/mol. The number of aliphatic hydroxyl groups excluding tert-OH is 1. The van der Waals surface area contributed by atoms with Crippen molar-refractivity contribution in [1.82, 2.24) is 16.0 Å². The van der Waals surface area contributed by atoms with Gasteiger partial charge >= 0.3 is 12.1 Å². The number of amides is 3. The van der Waals surface area contributed by atoms with Crippen LogP contribution in [0.15, 0.2) is 30.3 Å². The number of carboxylic acids is 1. The van der Waals surface area contributed by atoms with Gasteiger partial charge in [0.05, 0.1) is 18.6 Å². The van der Waals surface area contributed by atoms with E-state index in [2.05, 4.69) is 16.0 Å². The normalized spacial score (nSPS) is 17.0. The fraction of sp³-hybridized carbons (Fsp3) is 0.677. The fourth-order valence-electron chi connectivity index (χ4n) is 5.16. The molecule has 10 heteroatoms. The van der Waals surface area contributed by atoms with Crippen LogP contribution in [0.5, 0.6) is 0 Å². The van der Waals surface area contributed by atoms with Crippen molar-refractivity contribution in [2.75, 3.05) is 0 Å². The third-order valence-corrected chi connectivity index (χ3v) is 7.26. The Morgan fingerprint density at radius 1 is 0.951 bits per heavy atom. The first kappa shape index (κ1) is 34.1. The monoisotopic (exact) mass is 575 g/mol. The lowest BCUT2D eigenvalue weighted by Gasteiger charge is -2.31. The van der Waals surface area contributed by atoms with Crippen LogP contribution in [0.3, 0.4) is 0 Å². The van der Waals surface area contributed by atoms with Gasteiger partial charge < -0.3 is 30.9 Å². The third kappa shape index (κ3) is 13.4. The molecule has 1 aliphatic rings. The largest absolute Gasteiger partial charge is 0.481 e. The number of ether oxygens (including phenoxy) is 1. The van der Waals surface area contributed by atoms with Crippen molar-refractivity contribution in [2.24, 2.45) is 5.92 Å². The number of hydrogen-bond donors (Lipinski definition) is 5. The van der Waals surface area contributed by atoms with E-state index in [1.807, 2.05) is 37.3 Å². The minimum atomic E-state index is -1.25. The maximum Gasteiger partial charge on any atom is 0.408 e. The van der Waals surface area contributed by atoms with Crippen molar-refractivity contribution in [3.63, 3.8) is 0 Å². The molecular formula is C31H49N3O7. The van der Waals surface area contributed by atoms with Gasteiger partial charge in [0.25, 0.3) is 0 Å². The summed E-state index contributed by atoms with van der Waals surface area (Å²) in [5.74, 6) is -1.87. The molecule has 3 amide bonds. The number of hydrogen-bond acceptors (Lipinski definition) is 6. The SMILES string of the molecule is CCCC[C@H](NC(=O)[C@H](Cc1ccccc1)NC(=O)OC(C)(C)C)C(=O)NC(CC1CCCCC1)C(O)CC(=O)O. The first-order chi connectivity index (χ1) is 19.4. The number of rotatable bonds is 15. The van der Waals surface area contributed by atoms with Crippen molar-refractivity contribution in [1.29, 1.82) is 0 Å². The van der Waals surface area contributed by atoms with Crippen molar-refractivity contribution in [3.05, 3.63) is 35.9 Å². The Kier molecular flexibility index (Phi) is 14.1. The molecule has 2 rings (SSSR count). The average Bonchev–Trinajstić information content (AvgIpc) is 2.89. The minimum absolute atomic E-state index is 0.190. The number of carboxylic acid groups (broad SMARTS) is 1. The Morgan fingerprint density at radius 2 is 1.59 bits per heavy atom. The summed E-state index contributed by atoms with van der Waals surface area (Å²) in [5.41, 5.74) is 0.0635. The number of carbonyl (C=O) groups is 4. The number of nitrogens with one attached hydrogen (secondary N) is 3. The lowest BCUT2D eigenvalue weighted by molar-refractivity contribution is -0.140. The molecule has 1 aromatic carbocycles. The van der Waals surface area contributed by atoms with E-state index in [0.29, 0.717) is 19.3 Å². The van der Waals surface area contributed by atoms with Crippen LogP contribution in [-0.4, -0.2) is 63.9 Å². The molecule has 0 heterocycles. The van der Waals surface area contributed by atoms with Gasteiger partial charge in [0.1, 0.15) is 17.7 Å². The van der Waals surface area contributed by atoms with E-state index >= 15 is 0 Å². The van der Waals surface area contributed by atoms with Crippen LogP contribution in [0.2, 0.25) is 0 Å². The maximum atomic E-state index is 13.5. The van der Waals surface area contributed by atoms with Crippen LogP contribution in [0.25, 0.3) is 0 Å². The summed E-state index contributed by atoms with van der Waals surface area (Å²) in [5, 5.41) is 28.3. The van der Waals surface area contributed by atoms with E-state index in [1.165, 1.54) is 0 Å². The van der Waals surface area contributed by atoms with Gasteiger partial charge in [0, 0.05) is 6.42 Å². The van der Waals surface area contributed by atoms with Gasteiger partial charge in [-0.1, -0.05) is 82.2 Å². The fourth-order valence-corrected chi connectivity index (χ4v) is 5.16. The van der Waals surface area contributed by atoms with Crippen molar-refractivity contribution < 1.29 is 34.1 Å². The Bertz CT molecular complexity index is 974. The predicted octanol–water partition coefficient (Wildman–Crippen LogP) is 4.09. The van der Waals surface area contributed by atoms with Crippen molar-refractivity contribution in [2.45, 2.75) is 128 Å². The molecule has 0 saturated heterocycles. The molecule has 10 nitrogen and oxygen atoms in total. The molecule has 0 bridgehead atoms. The number of benzene rings is 1. The quantitative estimate of drug-likeness (QED) is 0.211. The van der Waals surface area contributed by atoms with Gasteiger partial charge in [-0.25, -0.2) is 4.79 Å². The summed E-state index contributed by atoms with van der Waals surface area (Å²) in [6.45, 7) is 7.16. The highest BCUT2D eigenvalue weighted by molar-refractivity contribution is 5.91. The van der Waals surface area contributed by atoms with Crippen LogP contribution >= 0.6 is 0 Å². The first-order valence-electron chi connectivity index (χ1n) is 14.9. The van der Waals surface area contributed by atoms with Crippen LogP contribution < -0.4 is 16.0 Å². The molecule has 41 heavy (non-hydrogen) atoms. The second-order valence-electron chi connectivity index (χ2n) is 12.1. The smallest absolute Gasteiger partial charge is 0.408 e. The molecule has 1 saturated carbocycles. The molecule has 1 fully saturated rings. The molecule has 4 atom stereocenters. The summed E-state index contributed by atoms with van der Waals surface area (Å²) >= 11 is 0. The van der Waals surface area contributed by atoms with E-state index in [9.17, 15) is 29.4 Å². The Morgan fingerprint density at radius 3 is 2.17 bits per heavy atom.